The van der Waals surface area contributed by atoms with E-state index in [-0.39, 0.29) is 6.03 Å². The molecule has 0 bridgehead atoms. The van der Waals surface area contributed by atoms with Gasteiger partial charge >= 0.3 is 6.03 Å². The molecule has 0 radical (unpaired) electrons. The fraction of sp³-hybridized carbons (Fsp3) is 0.588. The Morgan fingerprint density at radius 3 is 2.17 bits per heavy atom. The second kappa shape index (κ2) is 8.29. The van der Waals surface area contributed by atoms with Crippen LogP contribution in [0.4, 0.5) is 10.5 Å². The number of hydrogen-bond donors (Lipinski definition) is 1. The number of urea groups is 1. The van der Waals surface area contributed by atoms with Gasteiger partial charge in [-0.25, -0.2) is 4.79 Å². The smallest absolute Gasteiger partial charge is 0.321 e. The van der Waals surface area contributed by atoms with Crippen molar-refractivity contribution in [3.05, 3.63) is 30.3 Å². The number of ether oxygens (including phenoxy) is 1. The maximum Gasteiger partial charge on any atom is 0.321 e. The van der Waals surface area contributed by atoms with Gasteiger partial charge in [0.05, 0.1) is 13.2 Å². The fourth-order valence-electron chi connectivity index (χ4n) is 3.01. The van der Waals surface area contributed by atoms with E-state index in [2.05, 4.69) is 15.1 Å². The first-order valence-corrected chi connectivity index (χ1v) is 8.45. The van der Waals surface area contributed by atoms with Gasteiger partial charge in [-0.1, -0.05) is 18.2 Å². The lowest BCUT2D eigenvalue weighted by molar-refractivity contribution is 0.0311. The Morgan fingerprint density at radius 1 is 0.913 bits per heavy atom. The van der Waals surface area contributed by atoms with Gasteiger partial charge in [0.15, 0.2) is 0 Å². The molecule has 2 aliphatic rings. The van der Waals surface area contributed by atoms with Crippen LogP contribution < -0.4 is 5.32 Å². The van der Waals surface area contributed by atoms with Gasteiger partial charge < -0.3 is 15.0 Å². The number of nitrogens with one attached hydrogen (secondary N) is 1. The molecule has 126 valence electrons. The van der Waals surface area contributed by atoms with Crippen molar-refractivity contribution in [3.8, 4) is 0 Å². The van der Waals surface area contributed by atoms with Gasteiger partial charge in [0.2, 0.25) is 0 Å². The molecule has 0 atom stereocenters. The predicted molar refractivity (Wildman–Crippen MR) is 90.7 cm³/mol. The molecule has 23 heavy (non-hydrogen) atoms. The molecule has 6 heteroatoms. The average Bonchev–Trinajstić information content (AvgIpc) is 2.62. The lowest BCUT2D eigenvalue weighted by Gasteiger charge is -2.36. The SMILES string of the molecule is O=C(Nc1ccccc1)N1CCN(CCN2CCOCC2)CC1. The summed E-state index contributed by atoms with van der Waals surface area (Å²) in [6.07, 6.45) is 0. The maximum atomic E-state index is 12.3. The van der Waals surface area contributed by atoms with Crippen molar-refractivity contribution >= 4 is 11.7 Å². The van der Waals surface area contributed by atoms with Gasteiger partial charge in [-0.3, -0.25) is 9.80 Å². The summed E-state index contributed by atoms with van der Waals surface area (Å²) in [7, 11) is 0. The van der Waals surface area contributed by atoms with E-state index in [9.17, 15) is 4.79 Å². The number of carbonyl (C=O) groups excluding carboxylic acids is 1. The number of carbonyl (C=O) groups is 1. The third-order valence-corrected chi connectivity index (χ3v) is 4.52. The highest BCUT2D eigenvalue weighted by Crippen LogP contribution is 2.09. The van der Waals surface area contributed by atoms with Crippen LogP contribution in [0.3, 0.4) is 0 Å². The van der Waals surface area contributed by atoms with Crippen molar-refractivity contribution in [1.82, 2.24) is 14.7 Å². The molecule has 0 unspecified atom stereocenters. The highest BCUT2D eigenvalue weighted by molar-refractivity contribution is 5.89. The quantitative estimate of drug-likeness (QED) is 0.905. The molecule has 1 N–H and O–H groups in total. The molecule has 0 spiro atoms. The van der Waals surface area contributed by atoms with Gasteiger partial charge in [-0.15, -0.1) is 0 Å². The fourth-order valence-corrected chi connectivity index (χ4v) is 3.01. The largest absolute Gasteiger partial charge is 0.379 e. The van der Waals surface area contributed by atoms with Crippen molar-refractivity contribution in [2.45, 2.75) is 0 Å². The van der Waals surface area contributed by atoms with Gasteiger partial charge in [0.1, 0.15) is 0 Å². The second-order valence-electron chi connectivity index (χ2n) is 6.08. The van der Waals surface area contributed by atoms with Crippen molar-refractivity contribution in [2.75, 3.05) is 70.9 Å². The summed E-state index contributed by atoms with van der Waals surface area (Å²) in [4.78, 5) is 19.1. The highest BCUT2D eigenvalue weighted by Gasteiger charge is 2.21. The molecular weight excluding hydrogens is 292 g/mol. The molecule has 1 aromatic rings. The minimum Gasteiger partial charge on any atom is -0.379 e. The predicted octanol–water partition coefficient (Wildman–Crippen LogP) is 1.17. The lowest BCUT2D eigenvalue weighted by Crippen LogP contribution is -2.51. The molecule has 2 saturated heterocycles. The van der Waals surface area contributed by atoms with E-state index >= 15 is 0 Å². The molecule has 6 nitrogen and oxygen atoms in total. The first-order chi connectivity index (χ1) is 11.3. The molecule has 2 heterocycles. The normalized spacial score (nSPS) is 20.4. The molecule has 0 aromatic heterocycles. The molecule has 2 fully saturated rings. The van der Waals surface area contributed by atoms with E-state index in [0.29, 0.717) is 0 Å². The summed E-state index contributed by atoms with van der Waals surface area (Å²) in [5.74, 6) is 0. The molecule has 0 aliphatic carbocycles. The summed E-state index contributed by atoms with van der Waals surface area (Å²) in [6, 6.07) is 9.64. The van der Waals surface area contributed by atoms with Gasteiger partial charge in [0, 0.05) is 58.0 Å². The van der Waals surface area contributed by atoms with E-state index in [4.69, 9.17) is 4.74 Å². The maximum absolute atomic E-state index is 12.3. The Labute approximate surface area is 138 Å². The number of rotatable bonds is 4. The zero-order valence-corrected chi connectivity index (χ0v) is 13.6. The molecule has 3 rings (SSSR count). The standard InChI is InChI=1S/C17H26N4O2/c22-17(18-16-4-2-1-3-5-16)21-10-8-19(9-11-21)6-7-20-12-14-23-15-13-20/h1-5H,6-15H2,(H,18,22). The number of anilines is 1. The van der Waals surface area contributed by atoms with Crippen LogP contribution >= 0.6 is 0 Å². The minimum atomic E-state index is 0.00373. The Balaban J connectivity index is 1.37. The first kappa shape index (κ1) is 16.2. The zero-order chi connectivity index (χ0) is 15.9. The van der Waals surface area contributed by atoms with E-state index in [1.165, 1.54) is 0 Å². The minimum absolute atomic E-state index is 0.00373. The van der Waals surface area contributed by atoms with Crippen molar-refractivity contribution in [3.63, 3.8) is 0 Å². The number of morpholine rings is 1. The van der Waals surface area contributed by atoms with Crippen LogP contribution in [-0.4, -0.2) is 86.3 Å². The van der Waals surface area contributed by atoms with Crippen LogP contribution in [0, 0.1) is 0 Å². The number of hydrogen-bond acceptors (Lipinski definition) is 4. The third kappa shape index (κ3) is 4.92. The molecule has 2 amide bonds. The van der Waals surface area contributed by atoms with Crippen LogP contribution in [0.15, 0.2) is 30.3 Å². The van der Waals surface area contributed by atoms with Crippen molar-refractivity contribution in [1.29, 1.82) is 0 Å². The van der Waals surface area contributed by atoms with Crippen LogP contribution in [0.5, 0.6) is 0 Å². The van der Waals surface area contributed by atoms with Gasteiger partial charge in [0.25, 0.3) is 0 Å². The Morgan fingerprint density at radius 2 is 1.52 bits per heavy atom. The van der Waals surface area contributed by atoms with Crippen LogP contribution in [0.2, 0.25) is 0 Å². The first-order valence-electron chi connectivity index (χ1n) is 8.45. The lowest BCUT2D eigenvalue weighted by atomic mass is 10.3. The summed E-state index contributed by atoms with van der Waals surface area (Å²) < 4.78 is 5.37. The van der Waals surface area contributed by atoms with Crippen molar-refractivity contribution < 1.29 is 9.53 Å². The summed E-state index contributed by atoms with van der Waals surface area (Å²) in [5.41, 5.74) is 0.854. The number of nitrogens with zero attached hydrogens (tertiary/aromatic N) is 3. The van der Waals surface area contributed by atoms with Crippen LogP contribution in [-0.2, 0) is 4.74 Å². The average molecular weight is 318 g/mol. The topological polar surface area (TPSA) is 48.1 Å². The number of piperazine rings is 1. The molecule has 2 aliphatic heterocycles. The summed E-state index contributed by atoms with van der Waals surface area (Å²) in [5, 5.41) is 2.96. The van der Waals surface area contributed by atoms with E-state index < -0.39 is 0 Å². The van der Waals surface area contributed by atoms with Gasteiger partial charge in [-0.2, -0.15) is 0 Å². The molecule has 0 saturated carbocycles. The monoisotopic (exact) mass is 318 g/mol. The highest BCUT2D eigenvalue weighted by atomic mass is 16.5. The Hall–Kier alpha value is -1.63. The van der Waals surface area contributed by atoms with Crippen LogP contribution in [0.25, 0.3) is 0 Å². The zero-order valence-electron chi connectivity index (χ0n) is 13.6. The number of amides is 2. The Bertz CT molecular complexity index is 483. The third-order valence-electron chi connectivity index (χ3n) is 4.52. The summed E-state index contributed by atoms with van der Waals surface area (Å²) in [6.45, 7) is 9.45. The number of para-hydroxylation sites is 1. The van der Waals surface area contributed by atoms with Crippen molar-refractivity contribution in [2.24, 2.45) is 0 Å². The van der Waals surface area contributed by atoms with Crippen LogP contribution in [0.1, 0.15) is 0 Å². The molecular formula is C17H26N4O2. The Kier molecular flexibility index (Phi) is 5.85. The van der Waals surface area contributed by atoms with Gasteiger partial charge in [-0.05, 0) is 12.1 Å². The molecule has 1 aromatic carbocycles. The number of benzene rings is 1. The second-order valence-corrected chi connectivity index (χ2v) is 6.08. The van der Waals surface area contributed by atoms with E-state index in [0.717, 1.165) is 71.3 Å². The van der Waals surface area contributed by atoms with E-state index in [1.54, 1.807) is 0 Å². The summed E-state index contributed by atoms with van der Waals surface area (Å²) >= 11 is 0. The van der Waals surface area contributed by atoms with E-state index in [1.807, 2.05) is 35.2 Å².